The van der Waals surface area contributed by atoms with Crippen LogP contribution >= 0.6 is 0 Å². The molecule has 0 aliphatic carbocycles. The summed E-state index contributed by atoms with van der Waals surface area (Å²) in [5.74, 6) is 0.718. The molecule has 0 fully saturated rings. The average Bonchev–Trinajstić information content (AvgIpc) is 3.13. The summed E-state index contributed by atoms with van der Waals surface area (Å²) in [5.41, 5.74) is 3.68. The molecule has 0 radical (unpaired) electrons. The number of methoxy groups -OCH3 is 1. The second-order valence-electron chi connectivity index (χ2n) is 6.11. The fourth-order valence-corrected chi connectivity index (χ4v) is 2.89. The minimum atomic E-state index is -0.110. The van der Waals surface area contributed by atoms with Crippen molar-refractivity contribution in [2.75, 3.05) is 7.11 Å². The third-order valence-electron chi connectivity index (χ3n) is 4.43. The largest absolute Gasteiger partial charge is 0.497 e. The van der Waals surface area contributed by atoms with E-state index >= 15 is 0 Å². The van der Waals surface area contributed by atoms with Gasteiger partial charge < -0.3 is 14.6 Å². The van der Waals surface area contributed by atoms with E-state index in [1.807, 2.05) is 67.1 Å². The number of hydrogen-bond donors (Lipinski definition) is 1. The quantitative estimate of drug-likeness (QED) is 0.730. The highest BCUT2D eigenvalue weighted by Crippen LogP contribution is 2.25. The summed E-state index contributed by atoms with van der Waals surface area (Å²) in [6, 6.07) is 13.5. The van der Waals surface area contributed by atoms with Crippen LogP contribution in [-0.2, 0) is 6.54 Å². The lowest BCUT2D eigenvalue weighted by atomic mass is 10.1. The number of pyridine rings is 1. The Morgan fingerprint density at radius 2 is 2.00 bits per heavy atom. The highest BCUT2D eigenvalue weighted by atomic mass is 16.5. The van der Waals surface area contributed by atoms with Crippen molar-refractivity contribution in [3.05, 3.63) is 72.3 Å². The molecular formula is C21H23N3O2. The number of aryl methyl sites for hydroxylation is 1. The summed E-state index contributed by atoms with van der Waals surface area (Å²) in [5, 5.41) is 3.05. The third-order valence-corrected chi connectivity index (χ3v) is 4.43. The molecule has 2 heterocycles. The van der Waals surface area contributed by atoms with E-state index in [2.05, 4.69) is 10.3 Å². The fourth-order valence-electron chi connectivity index (χ4n) is 2.89. The summed E-state index contributed by atoms with van der Waals surface area (Å²) in [6.07, 6.45) is 5.50. The van der Waals surface area contributed by atoms with E-state index in [0.29, 0.717) is 5.69 Å². The van der Waals surface area contributed by atoms with Crippen LogP contribution in [0.3, 0.4) is 0 Å². The number of aromatic nitrogens is 2. The van der Waals surface area contributed by atoms with Gasteiger partial charge >= 0.3 is 0 Å². The van der Waals surface area contributed by atoms with E-state index in [9.17, 15) is 4.79 Å². The number of carbonyl (C=O) groups is 1. The first kappa shape index (κ1) is 17.7. The highest BCUT2D eigenvalue weighted by Gasteiger charge is 2.17. The topological polar surface area (TPSA) is 56.1 Å². The van der Waals surface area contributed by atoms with E-state index in [0.717, 1.165) is 29.0 Å². The summed E-state index contributed by atoms with van der Waals surface area (Å²) >= 11 is 0. The van der Waals surface area contributed by atoms with E-state index < -0.39 is 0 Å². The SMILES string of the molecule is CCn1cc(-c2ccc(OC)cc2)cc1C(=O)N[C@@H](C)c1cccnc1. The number of amides is 1. The molecule has 1 N–H and O–H groups in total. The lowest BCUT2D eigenvalue weighted by molar-refractivity contribution is 0.0930. The number of benzene rings is 1. The predicted molar refractivity (Wildman–Crippen MR) is 102 cm³/mol. The molecule has 3 rings (SSSR count). The molecule has 0 bridgehead atoms. The first-order valence-corrected chi connectivity index (χ1v) is 8.67. The Hall–Kier alpha value is -3.08. The Morgan fingerprint density at radius 3 is 2.62 bits per heavy atom. The van der Waals surface area contributed by atoms with Crippen LogP contribution in [-0.4, -0.2) is 22.6 Å². The maximum atomic E-state index is 12.8. The van der Waals surface area contributed by atoms with Crippen molar-refractivity contribution >= 4 is 5.91 Å². The number of hydrogen-bond acceptors (Lipinski definition) is 3. The molecule has 5 nitrogen and oxygen atoms in total. The molecule has 26 heavy (non-hydrogen) atoms. The van der Waals surface area contributed by atoms with Gasteiger partial charge in [0.2, 0.25) is 0 Å². The second-order valence-corrected chi connectivity index (χ2v) is 6.11. The van der Waals surface area contributed by atoms with Crippen LogP contribution in [0.4, 0.5) is 0 Å². The second kappa shape index (κ2) is 7.87. The molecule has 0 unspecified atom stereocenters. The zero-order chi connectivity index (χ0) is 18.5. The van der Waals surface area contributed by atoms with Crippen molar-refractivity contribution in [2.45, 2.75) is 26.4 Å². The van der Waals surface area contributed by atoms with Gasteiger partial charge in [-0.05, 0) is 49.2 Å². The van der Waals surface area contributed by atoms with Gasteiger partial charge in [0.1, 0.15) is 11.4 Å². The average molecular weight is 349 g/mol. The molecule has 0 saturated carbocycles. The smallest absolute Gasteiger partial charge is 0.268 e. The van der Waals surface area contributed by atoms with Crippen molar-refractivity contribution in [1.82, 2.24) is 14.9 Å². The van der Waals surface area contributed by atoms with E-state index in [-0.39, 0.29) is 11.9 Å². The normalized spacial score (nSPS) is 11.8. The molecule has 0 aliphatic rings. The standard InChI is InChI=1S/C21H23N3O2/c1-4-24-14-18(16-7-9-19(26-3)10-8-16)12-20(24)21(25)23-15(2)17-6-5-11-22-13-17/h5-15H,4H2,1-3H3,(H,23,25)/t15-/m0/s1. The van der Waals surface area contributed by atoms with E-state index in [1.54, 1.807) is 19.5 Å². The third kappa shape index (κ3) is 3.77. The van der Waals surface area contributed by atoms with Gasteiger partial charge in [0.25, 0.3) is 5.91 Å². The molecular weight excluding hydrogens is 326 g/mol. The first-order chi connectivity index (χ1) is 12.6. The molecule has 0 saturated heterocycles. The fraction of sp³-hybridized carbons (Fsp3) is 0.238. The van der Waals surface area contributed by atoms with Crippen LogP contribution in [0.5, 0.6) is 5.75 Å². The molecule has 1 amide bonds. The van der Waals surface area contributed by atoms with Gasteiger partial charge in [-0.15, -0.1) is 0 Å². The van der Waals surface area contributed by atoms with Crippen LogP contribution in [0.25, 0.3) is 11.1 Å². The number of ether oxygens (including phenoxy) is 1. The van der Waals surface area contributed by atoms with Crippen molar-refractivity contribution in [3.63, 3.8) is 0 Å². The van der Waals surface area contributed by atoms with E-state index in [4.69, 9.17) is 4.74 Å². The number of nitrogens with one attached hydrogen (secondary N) is 1. The summed E-state index contributed by atoms with van der Waals surface area (Å²) in [7, 11) is 1.65. The van der Waals surface area contributed by atoms with Gasteiger partial charge in [0.05, 0.1) is 13.2 Å². The summed E-state index contributed by atoms with van der Waals surface area (Å²) in [4.78, 5) is 16.9. The van der Waals surface area contributed by atoms with Gasteiger partial charge in [-0.1, -0.05) is 18.2 Å². The molecule has 1 atom stereocenters. The van der Waals surface area contributed by atoms with Crippen molar-refractivity contribution in [1.29, 1.82) is 0 Å². The molecule has 3 aromatic rings. The lowest BCUT2D eigenvalue weighted by Crippen LogP contribution is -2.28. The van der Waals surface area contributed by atoms with Crippen LogP contribution in [0.2, 0.25) is 0 Å². The maximum Gasteiger partial charge on any atom is 0.268 e. The molecule has 134 valence electrons. The van der Waals surface area contributed by atoms with Crippen molar-refractivity contribution < 1.29 is 9.53 Å². The number of nitrogens with zero attached hydrogens (tertiary/aromatic N) is 2. The molecule has 0 aliphatic heterocycles. The Bertz CT molecular complexity index is 870. The Balaban J connectivity index is 1.82. The van der Waals surface area contributed by atoms with Gasteiger partial charge in [0, 0.05) is 30.7 Å². The van der Waals surface area contributed by atoms with Gasteiger partial charge in [0.15, 0.2) is 0 Å². The Labute approximate surface area is 153 Å². The summed E-state index contributed by atoms with van der Waals surface area (Å²) < 4.78 is 7.17. The monoisotopic (exact) mass is 349 g/mol. The zero-order valence-corrected chi connectivity index (χ0v) is 15.3. The van der Waals surface area contributed by atoms with Crippen LogP contribution in [0, 0.1) is 0 Å². The summed E-state index contributed by atoms with van der Waals surface area (Å²) in [6.45, 7) is 4.71. The Morgan fingerprint density at radius 1 is 1.23 bits per heavy atom. The number of carbonyl (C=O) groups excluding carboxylic acids is 1. The highest BCUT2D eigenvalue weighted by molar-refractivity contribution is 5.94. The van der Waals surface area contributed by atoms with Gasteiger partial charge in [-0.3, -0.25) is 9.78 Å². The van der Waals surface area contributed by atoms with Crippen molar-refractivity contribution in [2.24, 2.45) is 0 Å². The van der Waals surface area contributed by atoms with Crippen LogP contribution in [0.1, 0.15) is 35.9 Å². The van der Waals surface area contributed by atoms with Crippen molar-refractivity contribution in [3.8, 4) is 16.9 Å². The first-order valence-electron chi connectivity index (χ1n) is 8.67. The minimum Gasteiger partial charge on any atom is -0.497 e. The molecule has 2 aromatic heterocycles. The van der Waals surface area contributed by atoms with E-state index in [1.165, 1.54) is 0 Å². The zero-order valence-electron chi connectivity index (χ0n) is 15.3. The predicted octanol–water partition coefficient (Wildman–Crippen LogP) is 4.07. The molecule has 5 heteroatoms. The molecule has 0 spiro atoms. The minimum absolute atomic E-state index is 0.0945. The van der Waals surface area contributed by atoms with Gasteiger partial charge in [-0.25, -0.2) is 0 Å². The van der Waals surface area contributed by atoms with Crippen LogP contribution < -0.4 is 10.1 Å². The van der Waals surface area contributed by atoms with Crippen LogP contribution in [0.15, 0.2) is 61.1 Å². The number of rotatable bonds is 6. The molecule has 1 aromatic carbocycles. The van der Waals surface area contributed by atoms with Gasteiger partial charge in [-0.2, -0.15) is 0 Å². The lowest BCUT2D eigenvalue weighted by Gasteiger charge is -2.14. The maximum absolute atomic E-state index is 12.8. The Kier molecular flexibility index (Phi) is 5.37.